The Labute approximate surface area is 96.6 Å². The molecule has 1 aromatic carbocycles. The molecule has 0 spiro atoms. The number of hydrogen-bond acceptors (Lipinski definition) is 5. The normalized spacial score (nSPS) is 9.88. The minimum Gasteiger partial charge on any atom is -0.265 e. The molecule has 0 radical (unpaired) electrons. The second kappa shape index (κ2) is 5.55. The third-order valence-corrected chi connectivity index (χ3v) is 2.25. The Morgan fingerprint density at radius 3 is 1.94 bits per heavy atom. The van der Waals surface area contributed by atoms with Gasteiger partial charge in [-0.25, -0.2) is 0 Å². The molecule has 88 valence electrons. The molecule has 0 aliphatic carbocycles. The van der Waals surface area contributed by atoms with Gasteiger partial charge >= 0.3 is 0 Å². The summed E-state index contributed by atoms with van der Waals surface area (Å²) in [6, 6.07) is 7.90. The summed E-state index contributed by atoms with van der Waals surface area (Å²) in [5, 5.41) is 29.4. The number of nitro groups is 2. The predicted octanol–water partition coefficient (Wildman–Crippen LogP) is 1.20. The van der Waals surface area contributed by atoms with Crippen molar-refractivity contribution in [2.75, 3.05) is 13.1 Å². The van der Waals surface area contributed by atoms with Gasteiger partial charge in [-0.05, 0) is 17.7 Å². The number of nitrogens with zero attached hydrogens (tertiary/aromatic N) is 3. The summed E-state index contributed by atoms with van der Waals surface area (Å²) < 4.78 is 0. The van der Waals surface area contributed by atoms with Crippen LogP contribution in [-0.2, 0) is 0 Å². The van der Waals surface area contributed by atoms with E-state index in [0.717, 1.165) is 0 Å². The Morgan fingerprint density at radius 2 is 1.59 bits per heavy atom. The summed E-state index contributed by atoms with van der Waals surface area (Å²) in [7, 11) is 0. The zero-order chi connectivity index (χ0) is 12.8. The van der Waals surface area contributed by atoms with Gasteiger partial charge in [0.1, 0.15) is 5.92 Å². The van der Waals surface area contributed by atoms with E-state index in [1.165, 1.54) is 24.3 Å². The molecule has 1 aromatic rings. The van der Waals surface area contributed by atoms with Crippen LogP contribution in [0, 0.1) is 31.6 Å². The highest BCUT2D eigenvalue weighted by Crippen LogP contribution is 2.17. The SMILES string of the molecule is N#Cc1ccc(C(C[N+](=O)[O-])C[N+](=O)[O-])cc1. The Hall–Kier alpha value is -2.49. The molecule has 0 aliphatic heterocycles. The molecule has 0 saturated heterocycles. The number of nitriles is 1. The maximum absolute atomic E-state index is 10.4. The van der Waals surface area contributed by atoms with E-state index in [0.29, 0.717) is 11.1 Å². The van der Waals surface area contributed by atoms with Crippen LogP contribution >= 0.6 is 0 Å². The molecule has 1 rings (SSSR count). The summed E-state index contributed by atoms with van der Waals surface area (Å²) in [5.74, 6) is -0.771. The smallest absolute Gasteiger partial charge is 0.217 e. The van der Waals surface area contributed by atoms with Gasteiger partial charge in [-0.3, -0.25) is 20.2 Å². The topological polar surface area (TPSA) is 110 Å². The van der Waals surface area contributed by atoms with E-state index in [1.807, 2.05) is 6.07 Å². The van der Waals surface area contributed by atoms with Crippen molar-refractivity contribution in [1.29, 1.82) is 5.26 Å². The first-order valence-corrected chi connectivity index (χ1v) is 4.76. The van der Waals surface area contributed by atoms with Crippen molar-refractivity contribution in [3.8, 4) is 6.07 Å². The van der Waals surface area contributed by atoms with E-state index in [1.54, 1.807) is 0 Å². The standard InChI is InChI=1S/C10H9N3O4/c11-5-8-1-3-9(4-2-8)10(6-12(14)15)7-13(16)17/h1-4,10H,6-7H2. The van der Waals surface area contributed by atoms with Crippen molar-refractivity contribution in [2.24, 2.45) is 0 Å². The minimum absolute atomic E-state index is 0.412. The van der Waals surface area contributed by atoms with E-state index in [-0.39, 0.29) is 0 Å². The van der Waals surface area contributed by atoms with E-state index < -0.39 is 28.9 Å². The van der Waals surface area contributed by atoms with Crippen molar-refractivity contribution < 1.29 is 9.85 Å². The summed E-state index contributed by atoms with van der Waals surface area (Å²) in [6.45, 7) is -0.986. The second-order valence-electron chi connectivity index (χ2n) is 3.46. The fourth-order valence-electron chi connectivity index (χ4n) is 1.46. The maximum atomic E-state index is 10.4. The molecule has 7 nitrogen and oxygen atoms in total. The average molecular weight is 235 g/mol. The van der Waals surface area contributed by atoms with Crippen LogP contribution < -0.4 is 0 Å². The van der Waals surface area contributed by atoms with Gasteiger partial charge in [-0.2, -0.15) is 5.26 Å². The number of rotatable bonds is 5. The zero-order valence-electron chi connectivity index (χ0n) is 8.78. The highest BCUT2D eigenvalue weighted by Gasteiger charge is 2.23. The van der Waals surface area contributed by atoms with Crippen molar-refractivity contribution in [1.82, 2.24) is 0 Å². The summed E-state index contributed by atoms with van der Waals surface area (Å²) in [6.07, 6.45) is 0. The summed E-state index contributed by atoms with van der Waals surface area (Å²) in [5.41, 5.74) is 0.909. The Balaban J connectivity index is 2.91. The third-order valence-electron chi connectivity index (χ3n) is 2.25. The molecule has 0 fully saturated rings. The van der Waals surface area contributed by atoms with Gasteiger partial charge in [0.25, 0.3) is 0 Å². The van der Waals surface area contributed by atoms with Crippen LogP contribution in [0.2, 0.25) is 0 Å². The highest BCUT2D eigenvalue weighted by molar-refractivity contribution is 5.33. The maximum Gasteiger partial charge on any atom is 0.217 e. The third kappa shape index (κ3) is 3.87. The zero-order valence-corrected chi connectivity index (χ0v) is 8.78. The Bertz CT molecular complexity index is 447. The van der Waals surface area contributed by atoms with Crippen molar-refractivity contribution in [3.05, 3.63) is 55.6 Å². The minimum atomic E-state index is -0.771. The van der Waals surface area contributed by atoms with Gasteiger partial charge in [0.05, 0.1) is 11.6 Å². The predicted molar refractivity (Wildman–Crippen MR) is 57.6 cm³/mol. The fraction of sp³-hybridized carbons (Fsp3) is 0.300. The van der Waals surface area contributed by atoms with Crippen LogP contribution in [0.15, 0.2) is 24.3 Å². The summed E-state index contributed by atoms with van der Waals surface area (Å²) >= 11 is 0. The van der Waals surface area contributed by atoms with Crippen LogP contribution in [0.3, 0.4) is 0 Å². The molecule has 0 amide bonds. The van der Waals surface area contributed by atoms with Crippen LogP contribution in [0.5, 0.6) is 0 Å². The fourth-order valence-corrected chi connectivity index (χ4v) is 1.46. The first-order valence-electron chi connectivity index (χ1n) is 4.76. The quantitative estimate of drug-likeness (QED) is 0.562. The second-order valence-corrected chi connectivity index (χ2v) is 3.46. The van der Waals surface area contributed by atoms with Gasteiger partial charge in [-0.1, -0.05) is 12.1 Å². The lowest BCUT2D eigenvalue weighted by molar-refractivity contribution is -0.516. The lowest BCUT2D eigenvalue weighted by Gasteiger charge is -2.08. The molecule has 0 heterocycles. The highest BCUT2D eigenvalue weighted by atomic mass is 16.6. The van der Waals surface area contributed by atoms with Gasteiger partial charge in [0, 0.05) is 9.85 Å². The number of hydrogen-bond donors (Lipinski definition) is 0. The molecule has 0 unspecified atom stereocenters. The van der Waals surface area contributed by atoms with Gasteiger partial charge < -0.3 is 0 Å². The van der Waals surface area contributed by atoms with E-state index >= 15 is 0 Å². The average Bonchev–Trinajstić information content (AvgIpc) is 2.27. The van der Waals surface area contributed by atoms with Crippen LogP contribution in [0.4, 0.5) is 0 Å². The molecule has 0 N–H and O–H groups in total. The summed E-state index contributed by atoms with van der Waals surface area (Å²) in [4.78, 5) is 19.7. The molecule has 0 aliphatic rings. The van der Waals surface area contributed by atoms with Crippen LogP contribution in [0.25, 0.3) is 0 Å². The number of benzene rings is 1. The van der Waals surface area contributed by atoms with Crippen LogP contribution in [-0.4, -0.2) is 22.9 Å². The Morgan fingerprint density at radius 1 is 1.12 bits per heavy atom. The van der Waals surface area contributed by atoms with Crippen molar-refractivity contribution in [3.63, 3.8) is 0 Å². The first kappa shape index (κ1) is 12.6. The molecule has 0 bridgehead atoms. The molecule has 7 heteroatoms. The molecular weight excluding hydrogens is 226 g/mol. The lowest BCUT2D eigenvalue weighted by atomic mass is 9.98. The van der Waals surface area contributed by atoms with E-state index in [2.05, 4.69) is 0 Å². The van der Waals surface area contributed by atoms with E-state index in [9.17, 15) is 20.2 Å². The Kier molecular flexibility index (Phi) is 4.11. The molecule has 0 saturated carbocycles. The van der Waals surface area contributed by atoms with Gasteiger partial charge in [0.15, 0.2) is 0 Å². The molecule has 0 aromatic heterocycles. The van der Waals surface area contributed by atoms with Crippen LogP contribution in [0.1, 0.15) is 17.0 Å². The molecule has 17 heavy (non-hydrogen) atoms. The monoisotopic (exact) mass is 235 g/mol. The largest absolute Gasteiger partial charge is 0.265 e. The van der Waals surface area contributed by atoms with E-state index in [4.69, 9.17) is 5.26 Å². The molecule has 0 atom stereocenters. The van der Waals surface area contributed by atoms with Gasteiger partial charge in [-0.15, -0.1) is 0 Å². The first-order chi connectivity index (χ1) is 8.02. The van der Waals surface area contributed by atoms with Crippen molar-refractivity contribution in [2.45, 2.75) is 5.92 Å². The van der Waals surface area contributed by atoms with Crippen molar-refractivity contribution >= 4 is 0 Å². The lowest BCUT2D eigenvalue weighted by Crippen LogP contribution is -2.20. The van der Waals surface area contributed by atoms with Gasteiger partial charge in [0.2, 0.25) is 13.1 Å². The molecular formula is C10H9N3O4.